The fraction of sp³-hybridized carbons (Fsp3) is 0.0625. The van der Waals surface area contributed by atoms with E-state index < -0.39 is 5.97 Å². The number of ether oxygens (including phenoxy) is 1. The highest BCUT2D eigenvalue weighted by molar-refractivity contribution is 9.10. The van der Waals surface area contributed by atoms with Crippen LogP contribution in [0.25, 0.3) is 6.08 Å². The second-order valence-corrected chi connectivity index (χ2v) is 5.56. The number of carbonyl (C=O) groups is 1. The minimum absolute atomic E-state index is 0.341. The number of halogens is 2. The molecule has 0 N–H and O–H groups in total. The molecular weight excluding hydrogens is 340 g/mol. The zero-order valence-electron chi connectivity index (χ0n) is 10.8. The molecule has 2 rings (SSSR count). The van der Waals surface area contributed by atoms with Gasteiger partial charge in [-0.25, -0.2) is 4.79 Å². The van der Waals surface area contributed by atoms with Crippen LogP contribution in [0.5, 0.6) is 5.75 Å². The number of aryl methyl sites for hydroxylation is 1. The molecule has 0 amide bonds. The van der Waals surface area contributed by atoms with E-state index in [0.29, 0.717) is 10.8 Å². The van der Waals surface area contributed by atoms with Gasteiger partial charge in [-0.2, -0.15) is 0 Å². The molecule has 2 aromatic carbocycles. The van der Waals surface area contributed by atoms with Gasteiger partial charge in [0.25, 0.3) is 0 Å². The Morgan fingerprint density at radius 3 is 2.55 bits per heavy atom. The van der Waals surface area contributed by atoms with E-state index in [-0.39, 0.29) is 0 Å². The van der Waals surface area contributed by atoms with Crippen molar-refractivity contribution >= 4 is 39.6 Å². The van der Waals surface area contributed by atoms with Crippen molar-refractivity contribution in [3.05, 3.63) is 69.2 Å². The number of hydrogen-bond donors (Lipinski definition) is 0. The summed E-state index contributed by atoms with van der Waals surface area (Å²) in [7, 11) is 0. The number of hydrogen-bond acceptors (Lipinski definition) is 2. The van der Waals surface area contributed by atoms with Crippen molar-refractivity contribution in [3.8, 4) is 5.75 Å². The molecule has 0 heterocycles. The fourth-order valence-corrected chi connectivity index (χ4v) is 2.25. The highest BCUT2D eigenvalue weighted by Crippen LogP contribution is 2.27. The summed E-state index contributed by atoms with van der Waals surface area (Å²) in [6.07, 6.45) is 3.08. The summed E-state index contributed by atoms with van der Waals surface area (Å²) in [5.74, 6) is -0.122. The third-order valence-electron chi connectivity index (χ3n) is 2.59. The molecule has 0 spiro atoms. The topological polar surface area (TPSA) is 26.3 Å². The molecule has 4 heteroatoms. The molecule has 0 unspecified atom stereocenters. The summed E-state index contributed by atoms with van der Waals surface area (Å²) in [6, 6.07) is 12.9. The first-order valence-corrected chi connectivity index (χ1v) is 7.13. The summed E-state index contributed by atoms with van der Waals surface area (Å²) in [5, 5.41) is 0.386. The van der Waals surface area contributed by atoms with E-state index in [1.807, 2.05) is 31.2 Å². The zero-order chi connectivity index (χ0) is 14.5. The van der Waals surface area contributed by atoms with Gasteiger partial charge in [-0.05, 0) is 36.8 Å². The lowest BCUT2D eigenvalue weighted by molar-refractivity contribution is -0.128. The van der Waals surface area contributed by atoms with Gasteiger partial charge in [0.2, 0.25) is 0 Å². The Morgan fingerprint density at radius 1 is 1.20 bits per heavy atom. The fourth-order valence-electron chi connectivity index (χ4n) is 1.54. The number of carbonyl (C=O) groups excluding carboxylic acids is 1. The van der Waals surface area contributed by atoms with Crippen LogP contribution in [0, 0.1) is 6.92 Å². The molecule has 0 aliphatic heterocycles. The van der Waals surface area contributed by atoms with Crippen molar-refractivity contribution in [1.29, 1.82) is 0 Å². The summed E-state index contributed by atoms with van der Waals surface area (Å²) in [4.78, 5) is 11.7. The summed E-state index contributed by atoms with van der Waals surface area (Å²) >= 11 is 9.27. The first-order valence-electron chi connectivity index (χ1n) is 5.96. The van der Waals surface area contributed by atoms with E-state index in [4.69, 9.17) is 16.3 Å². The van der Waals surface area contributed by atoms with Gasteiger partial charge in [-0.3, -0.25) is 0 Å². The average molecular weight is 352 g/mol. The Morgan fingerprint density at radius 2 is 1.90 bits per heavy atom. The molecule has 102 valence electrons. The van der Waals surface area contributed by atoms with Gasteiger partial charge in [-0.15, -0.1) is 0 Å². The Labute approximate surface area is 131 Å². The number of esters is 1. The molecule has 0 aromatic heterocycles. The lowest BCUT2D eigenvalue weighted by Gasteiger charge is -2.04. The summed E-state index contributed by atoms with van der Waals surface area (Å²) in [6.45, 7) is 2.01. The SMILES string of the molecule is Cc1ccc(C=CC(=O)Oc2ccc(Br)cc2Cl)cc1. The molecule has 2 aromatic rings. The minimum Gasteiger partial charge on any atom is -0.422 e. The van der Waals surface area contributed by atoms with Gasteiger partial charge >= 0.3 is 5.97 Å². The molecular formula is C16H12BrClO2. The molecule has 0 aliphatic carbocycles. The van der Waals surface area contributed by atoms with Crippen LogP contribution in [-0.4, -0.2) is 5.97 Å². The van der Waals surface area contributed by atoms with Crippen LogP contribution in [-0.2, 0) is 4.79 Å². The van der Waals surface area contributed by atoms with E-state index >= 15 is 0 Å². The molecule has 0 atom stereocenters. The highest BCUT2D eigenvalue weighted by Gasteiger charge is 2.05. The Balaban J connectivity index is 2.03. The molecule has 0 radical (unpaired) electrons. The van der Waals surface area contributed by atoms with Gasteiger partial charge in [0, 0.05) is 10.5 Å². The van der Waals surface area contributed by atoms with Crippen molar-refractivity contribution in [2.75, 3.05) is 0 Å². The Kier molecular flexibility index (Phi) is 4.99. The normalized spacial score (nSPS) is 10.8. The zero-order valence-corrected chi connectivity index (χ0v) is 13.1. The second kappa shape index (κ2) is 6.73. The van der Waals surface area contributed by atoms with E-state index in [2.05, 4.69) is 15.9 Å². The number of rotatable bonds is 3. The van der Waals surface area contributed by atoms with E-state index in [1.54, 1.807) is 24.3 Å². The first-order chi connectivity index (χ1) is 9.54. The third kappa shape index (κ3) is 4.22. The number of benzene rings is 2. The van der Waals surface area contributed by atoms with E-state index in [1.165, 1.54) is 11.6 Å². The summed E-state index contributed by atoms with van der Waals surface area (Å²) in [5.41, 5.74) is 2.11. The third-order valence-corrected chi connectivity index (χ3v) is 3.38. The lowest BCUT2D eigenvalue weighted by Crippen LogP contribution is -2.03. The van der Waals surface area contributed by atoms with E-state index in [9.17, 15) is 4.79 Å². The van der Waals surface area contributed by atoms with Crippen molar-refractivity contribution in [3.63, 3.8) is 0 Å². The lowest BCUT2D eigenvalue weighted by atomic mass is 10.1. The predicted octanol–water partition coefficient (Wildman–Crippen LogP) is 5.03. The molecule has 0 bridgehead atoms. The van der Waals surface area contributed by atoms with E-state index in [0.717, 1.165) is 10.0 Å². The Bertz CT molecular complexity index is 648. The molecule has 2 nitrogen and oxygen atoms in total. The van der Waals surface area contributed by atoms with Gasteiger partial charge < -0.3 is 4.74 Å². The maximum absolute atomic E-state index is 11.7. The maximum Gasteiger partial charge on any atom is 0.336 e. The molecule has 0 aliphatic rings. The monoisotopic (exact) mass is 350 g/mol. The van der Waals surface area contributed by atoms with Crippen LogP contribution < -0.4 is 4.74 Å². The van der Waals surface area contributed by atoms with Crippen LogP contribution in [0.4, 0.5) is 0 Å². The highest BCUT2D eigenvalue weighted by atomic mass is 79.9. The van der Waals surface area contributed by atoms with Crippen LogP contribution in [0.15, 0.2) is 53.0 Å². The Hall–Kier alpha value is -1.58. The van der Waals surface area contributed by atoms with Crippen LogP contribution in [0.2, 0.25) is 5.02 Å². The minimum atomic E-state index is -0.463. The van der Waals surface area contributed by atoms with Crippen molar-refractivity contribution in [2.45, 2.75) is 6.92 Å². The quantitative estimate of drug-likeness (QED) is 0.440. The molecule has 0 saturated heterocycles. The van der Waals surface area contributed by atoms with Gasteiger partial charge in [0.05, 0.1) is 5.02 Å². The van der Waals surface area contributed by atoms with Gasteiger partial charge in [0.15, 0.2) is 0 Å². The first kappa shape index (κ1) is 14.8. The maximum atomic E-state index is 11.7. The van der Waals surface area contributed by atoms with Crippen molar-refractivity contribution in [2.24, 2.45) is 0 Å². The second-order valence-electron chi connectivity index (χ2n) is 4.24. The van der Waals surface area contributed by atoms with Gasteiger partial charge in [-0.1, -0.05) is 57.4 Å². The van der Waals surface area contributed by atoms with Gasteiger partial charge in [0.1, 0.15) is 5.75 Å². The molecule has 20 heavy (non-hydrogen) atoms. The van der Waals surface area contributed by atoms with Crippen LogP contribution in [0.1, 0.15) is 11.1 Å². The standard InChI is InChI=1S/C16H12BrClO2/c1-11-2-4-12(5-3-11)6-9-16(19)20-15-8-7-13(17)10-14(15)18/h2-10H,1H3. The summed E-state index contributed by atoms with van der Waals surface area (Å²) < 4.78 is 6.00. The molecule has 0 saturated carbocycles. The smallest absolute Gasteiger partial charge is 0.336 e. The predicted molar refractivity (Wildman–Crippen MR) is 85.0 cm³/mol. The molecule has 0 fully saturated rings. The largest absolute Gasteiger partial charge is 0.422 e. The van der Waals surface area contributed by atoms with Crippen molar-refractivity contribution in [1.82, 2.24) is 0 Å². The average Bonchev–Trinajstić information content (AvgIpc) is 2.41. The van der Waals surface area contributed by atoms with Crippen LogP contribution >= 0.6 is 27.5 Å². The van der Waals surface area contributed by atoms with Crippen LogP contribution in [0.3, 0.4) is 0 Å². The van der Waals surface area contributed by atoms with Crippen molar-refractivity contribution < 1.29 is 9.53 Å².